The summed E-state index contributed by atoms with van der Waals surface area (Å²) in [4.78, 5) is 0. The van der Waals surface area contributed by atoms with Crippen LogP contribution in [0.25, 0.3) is 0 Å². The molecule has 3 unspecified atom stereocenters. The molecule has 0 radical (unpaired) electrons. The highest BCUT2D eigenvalue weighted by molar-refractivity contribution is 6.58. The molecule has 0 aromatic carbocycles. The first-order valence-corrected chi connectivity index (χ1v) is 11.7. The predicted octanol–water partition coefficient (Wildman–Crippen LogP) is -2.28. The van der Waals surface area contributed by atoms with Gasteiger partial charge in [-0.15, -0.1) is 0 Å². The van der Waals surface area contributed by atoms with Crippen molar-refractivity contribution in [2.45, 2.75) is 76.1 Å². The molecule has 0 aromatic rings. The van der Waals surface area contributed by atoms with Crippen molar-refractivity contribution in [1.82, 2.24) is 0 Å². The molecule has 0 amide bonds. The zero-order valence-corrected chi connectivity index (χ0v) is 17.1. The largest absolute Gasteiger partial charge is 0.916 e. The highest BCUT2D eigenvalue weighted by atomic mass is 28.4. The molecule has 0 aromatic heterocycles. The summed E-state index contributed by atoms with van der Waals surface area (Å²) in [5.41, 5.74) is 17.5. The summed E-state index contributed by atoms with van der Waals surface area (Å²) in [5, 5.41) is 20.1. The monoisotopic (exact) mass is 411 g/mol. The highest BCUT2D eigenvalue weighted by Gasteiger charge is 2.82. The summed E-state index contributed by atoms with van der Waals surface area (Å²) < 4.78 is 38.1. The number of hydrogen-bond donors (Lipinski definition) is 5. The molecule has 0 aliphatic carbocycles. The first-order chi connectivity index (χ1) is 12.1. The fraction of sp³-hybridized carbons (Fsp3) is 1.00. The molecule has 3 rings (SSSR count). The molecule has 3 saturated heterocycles. The van der Waals surface area contributed by atoms with E-state index in [1.165, 1.54) is 0 Å². The van der Waals surface area contributed by atoms with E-state index < -0.39 is 60.2 Å². The second-order valence-electron chi connectivity index (χ2n) is 6.46. The number of rotatable bonds is 8. The summed E-state index contributed by atoms with van der Waals surface area (Å²) in [6.45, 7) is 5.35. The Morgan fingerprint density at radius 2 is 1.31 bits per heavy atom. The zero-order chi connectivity index (χ0) is 19.4. The molecule has 0 saturated carbocycles. The second-order valence-corrected chi connectivity index (χ2v) is 9.56. The Bertz CT molecular complexity index is 521. The lowest BCUT2D eigenvalue weighted by Gasteiger charge is -2.61. The minimum Gasteiger partial charge on any atom is -0.406 e. The fourth-order valence-corrected chi connectivity index (χ4v) is 6.71. The van der Waals surface area contributed by atoms with Crippen LogP contribution in [0.3, 0.4) is 0 Å². The molecule has 3 aliphatic rings. The van der Waals surface area contributed by atoms with E-state index in [4.69, 9.17) is 46.3 Å². The van der Waals surface area contributed by atoms with E-state index >= 15 is 0 Å². The number of nitrogens with two attached hydrogens (primary N) is 3. The molecule has 3 fully saturated rings. The van der Waals surface area contributed by atoms with E-state index in [2.05, 4.69) is 0 Å². The highest BCUT2D eigenvalue weighted by Crippen LogP contribution is 2.50. The first-order valence-electron chi connectivity index (χ1n) is 8.61. The van der Waals surface area contributed by atoms with E-state index in [0.717, 1.165) is 0 Å². The van der Waals surface area contributed by atoms with Crippen molar-refractivity contribution in [2.75, 3.05) is 0 Å². The molecule has 3 atom stereocenters. The Morgan fingerprint density at radius 3 is 1.77 bits per heavy atom. The van der Waals surface area contributed by atoms with E-state index in [1.54, 1.807) is 20.8 Å². The third-order valence-electron chi connectivity index (χ3n) is 4.58. The van der Waals surface area contributed by atoms with Crippen molar-refractivity contribution < 1.29 is 39.3 Å². The topological polar surface area (TPSA) is 183 Å². The molecule has 12 nitrogen and oxygen atoms in total. The summed E-state index contributed by atoms with van der Waals surface area (Å²) in [5.74, 6) is -5.55. The molecule has 8 N–H and O–H groups in total. The average molecular weight is 411 g/mol. The van der Waals surface area contributed by atoms with Crippen LogP contribution in [-0.2, 0) is 29.1 Å². The number of aliphatic hydroxyl groups is 2. The molecular formula is C12H26AlN3O9Si. The molecule has 150 valence electrons. The minimum absolute atomic E-state index is 0.421. The minimum atomic E-state index is -3.55. The third-order valence-corrected chi connectivity index (χ3v) is 8.31. The molecule has 3 aliphatic heterocycles. The van der Waals surface area contributed by atoms with Crippen LogP contribution < -0.4 is 17.2 Å². The van der Waals surface area contributed by atoms with Crippen LogP contribution in [0.5, 0.6) is 0 Å². The lowest BCUT2D eigenvalue weighted by Crippen LogP contribution is -2.87. The fourth-order valence-electron chi connectivity index (χ4n) is 2.65. The van der Waals surface area contributed by atoms with Gasteiger partial charge in [0.1, 0.15) is 0 Å². The van der Waals surface area contributed by atoms with Crippen LogP contribution in [0.4, 0.5) is 0 Å². The van der Waals surface area contributed by atoms with Crippen LogP contribution in [0, 0.1) is 0 Å². The normalized spacial score (nSPS) is 41.8. The van der Waals surface area contributed by atoms with Gasteiger partial charge >= 0.3 is 24.2 Å². The summed E-state index contributed by atoms with van der Waals surface area (Å²) in [6, 6.07) is -2.20. The maximum Gasteiger partial charge on any atom is 0.916 e. The van der Waals surface area contributed by atoms with Crippen LogP contribution in [0.2, 0.25) is 0 Å². The summed E-state index contributed by atoms with van der Waals surface area (Å²) in [6.07, 6.45) is 1.30. The van der Waals surface area contributed by atoms with Gasteiger partial charge in [0, 0.05) is 0 Å². The Kier molecular flexibility index (Phi) is 5.61. The lowest BCUT2D eigenvalue weighted by molar-refractivity contribution is -0.511. The Hall–Kier alpha value is 0.269. The maximum absolute atomic E-state index is 10.1. The molecule has 1 spiro atoms. The molecule has 14 heteroatoms. The SMILES string of the molecule is CCC(N)C1(O)[O][Al]([O]C2(C(N)CC)O[Si]3(OC(O)(C(N)CC)O3)O2)[O]1. The van der Waals surface area contributed by atoms with Gasteiger partial charge in [0.15, 0.2) is 0 Å². The van der Waals surface area contributed by atoms with Crippen molar-refractivity contribution in [3.05, 3.63) is 0 Å². The molecular weight excluding hydrogens is 385 g/mol. The molecule has 26 heavy (non-hydrogen) atoms. The van der Waals surface area contributed by atoms with Gasteiger partial charge in [-0.05, 0) is 19.3 Å². The van der Waals surface area contributed by atoms with Crippen LogP contribution in [0.15, 0.2) is 0 Å². The van der Waals surface area contributed by atoms with Gasteiger partial charge in [-0.2, -0.15) is 0 Å². The summed E-state index contributed by atoms with van der Waals surface area (Å²) in [7, 11) is -3.55. The molecule has 0 bridgehead atoms. The van der Waals surface area contributed by atoms with Crippen LogP contribution in [-0.4, -0.2) is 70.5 Å². The predicted molar refractivity (Wildman–Crippen MR) is 86.5 cm³/mol. The Balaban J connectivity index is 1.59. The second kappa shape index (κ2) is 6.95. The van der Waals surface area contributed by atoms with E-state index in [-0.39, 0.29) is 0 Å². The van der Waals surface area contributed by atoms with Gasteiger partial charge < -0.3 is 38.8 Å². The van der Waals surface area contributed by atoms with Crippen molar-refractivity contribution in [2.24, 2.45) is 17.2 Å². The Labute approximate surface area is 157 Å². The van der Waals surface area contributed by atoms with E-state index in [9.17, 15) is 10.2 Å². The quantitative estimate of drug-likeness (QED) is 0.270. The smallest absolute Gasteiger partial charge is 0.406 e. The van der Waals surface area contributed by atoms with Gasteiger partial charge in [-0.25, -0.2) is 0 Å². The van der Waals surface area contributed by atoms with Crippen molar-refractivity contribution >= 4 is 24.2 Å². The average Bonchev–Trinajstić information content (AvgIpc) is 2.53. The van der Waals surface area contributed by atoms with Gasteiger partial charge in [0.25, 0.3) is 11.9 Å². The van der Waals surface area contributed by atoms with Gasteiger partial charge in [-0.1, -0.05) is 20.8 Å². The van der Waals surface area contributed by atoms with E-state index in [0.29, 0.717) is 19.3 Å². The van der Waals surface area contributed by atoms with Crippen LogP contribution >= 0.6 is 0 Å². The van der Waals surface area contributed by atoms with E-state index in [1.807, 2.05) is 0 Å². The molecule has 3 heterocycles. The maximum atomic E-state index is 10.1. The Morgan fingerprint density at radius 1 is 0.846 bits per heavy atom. The zero-order valence-electron chi connectivity index (χ0n) is 14.9. The van der Waals surface area contributed by atoms with Crippen molar-refractivity contribution in [3.63, 3.8) is 0 Å². The third kappa shape index (κ3) is 3.28. The van der Waals surface area contributed by atoms with Gasteiger partial charge in [0.2, 0.25) is 5.97 Å². The van der Waals surface area contributed by atoms with Crippen molar-refractivity contribution in [1.29, 1.82) is 0 Å². The summed E-state index contributed by atoms with van der Waals surface area (Å²) >= 11 is -2.80. The lowest BCUT2D eigenvalue weighted by atomic mass is 10.2. The van der Waals surface area contributed by atoms with Gasteiger partial charge in [-0.3, -0.25) is 17.7 Å². The number of hydrogen-bond acceptors (Lipinski definition) is 12. The van der Waals surface area contributed by atoms with Gasteiger partial charge in [0.05, 0.1) is 18.1 Å². The first kappa shape index (κ1) is 21.0. The van der Waals surface area contributed by atoms with Crippen molar-refractivity contribution in [3.8, 4) is 0 Å². The standard InChI is InChI=1S/C8H17N2O6Si.C4H9NO3.Al/c1-3-5(9)7(11)13-17(14-7)15-8(12,16-17)6(10)4-2;1-2-3(5)4(6,7)8;/h5-6,11H,3-4,9-10H2,1-2H3;3,6H,2,5H2,1H3;/q-1;-2;+3. The van der Waals surface area contributed by atoms with Crippen LogP contribution in [0.1, 0.15) is 40.0 Å².